The summed E-state index contributed by atoms with van der Waals surface area (Å²) in [6, 6.07) is 5.69. The van der Waals surface area contributed by atoms with Gasteiger partial charge in [-0.25, -0.2) is 4.98 Å². The van der Waals surface area contributed by atoms with Crippen LogP contribution in [0, 0.1) is 0 Å². The molecule has 1 atom stereocenters. The number of nitrogens with zero attached hydrogens (tertiary/aromatic N) is 2. The van der Waals surface area contributed by atoms with Gasteiger partial charge in [-0.1, -0.05) is 40.9 Å². The SMILES string of the molecule is Clc1cc(Cl)c(C2CCc3cccnc32)nc1Cl. The molecule has 0 radical (unpaired) electrons. The summed E-state index contributed by atoms with van der Waals surface area (Å²) < 4.78 is 0. The lowest BCUT2D eigenvalue weighted by atomic mass is 10.0. The summed E-state index contributed by atoms with van der Waals surface area (Å²) >= 11 is 18.1. The number of hydrogen-bond donors (Lipinski definition) is 0. The molecule has 2 aromatic rings. The van der Waals surface area contributed by atoms with Gasteiger partial charge in [-0.15, -0.1) is 0 Å². The monoisotopic (exact) mass is 298 g/mol. The molecule has 0 aromatic carbocycles. The van der Waals surface area contributed by atoms with Gasteiger partial charge >= 0.3 is 0 Å². The second kappa shape index (κ2) is 4.69. The molecule has 0 amide bonds. The Labute approximate surface area is 120 Å². The molecular weight excluding hydrogens is 291 g/mol. The Morgan fingerprint density at radius 1 is 1.11 bits per heavy atom. The van der Waals surface area contributed by atoms with E-state index in [0.717, 1.165) is 24.2 Å². The van der Waals surface area contributed by atoms with E-state index in [0.29, 0.717) is 15.2 Å². The van der Waals surface area contributed by atoms with Gasteiger partial charge in [-0.2, -0.15) is 0 Å². The van der Waals surface area contributed by atoms with Crippen LogP contribution in [-0.4, -0.2) is 9.97 Å². The molecule has 1 aliphatic rings. The maximum absolute atomic E-state index is 6.21. The average Bonchev–Trinajstić information content (AvgIpc) is 2.78. The lowest BCUT2D eigenvalue weighted by molar-refractivity contribution is 0.746. The van der Waals surface area contributed by atoms with E-state index >= 15 is 0 Å². The van der Waals surface area contributed by atoms with Crippen molar-refractivity contribution >= 4 is 34.8 Å². The second-order valence-corrected chi connectivity index (χ2v) is 5.44. The molecule has 2 nitrogen and oxygen atoms in total. The Morgan fingerprint density at radius 3 is 2.78 bits per heavy atom. The molecule has 0 bridgehead atoms. The molecule has 0 N–H and O–H groups in total. The van der Waals surface area contributed by atoms with Crippen molar-refractivity contribution in [2.45, 2.75) is 18.8 Å². The summed E-state index contributed by atoms with van der Waals surface area (Å²) in [5, 5.41) is 1.22. The van der Waals surface area contributed by atoms with Gasteiger partial charge < -0.3 is 0 Å². The van der Waals surface area contributed by atoms with Crippen molar-refractivity contribution in [2.24, 2.45) is 0 Å². The fraction of sp³-hybridized carbons (Fsp3) is 0.231. The van der Waals surface area contributed by atoms with Crippen LogP contribution in [0.15, 0.2) is 24.4 Å². The van der Waals surface area contributed by atoms with Crippen molar-refractivity contribution in [3.05, 3.63) is 56.5 Å². The van der Waals surface area contributed by atoms with Gasteiger partial charge in [0.2, 0.25) is 0 Å². The first-order chi connectivity index (χ1) is 8.66. The predicted molar refractivity (Wildman–Crippen MR) is 73.7 cm³/mol. The topological polar surface area (TPSA) is 25.8 Å². The van der Waals surface area contributed by atoms with Gasteiger partial charge in [-0.3, -0.25) is 4.98 Å². The lowest BCUT2D eigenvalue weighted by Gasteiger charge is -2.12. The first-order valence-corrected chi connectivity index (χ1v) is 6.75. The van der Waals surface area contributed by atoms with Crippen molar-refractivity contribution < 1.29 is 0 Å². The highest BCUT2D eigenvalue weighted by molar-refractivity contribution is 6.42. The van der Waals surface area contributed by atoms with Crippen LogP contribution in [0.4, 0.5) is 0 Å². The predicted octanol–water partition coefficient (Wildman–Crippen LogP) is 4.51. The molecule has 0 aliphatic heterocycles. The number of halogens is 3. The highest BCUT2D eigenvalue weighted by atomic mass is 35.5. The van der Waals surface area contributed by atoms with Crippen LogP contribution in [0.25, 0.3) is 0 Å². The third kappa shape index (κ3) is 1.99. The lowest BCUT2D eigenvalue weighted by Crippen LogP contribution is -2.03. The van der Waals surface area contributed by atoms with Gasteiger partial charge in [0.05, 0.1) is 21.4 Å². The van der Waals surface area contributed by atoms with E-state index in [4.69, 9.17) is 34.8 Å². The molecule has 1 aliphatic carbocycles. The maximum atomic E-state index is 6.21. The van der Waals surface area contributed by atoms with Gasteiger partial charge in [-0.05, 0) is 30.5 Å². The first kappa shape index (κ1) is 12.2. The van der Waals surface area contributed by atoms with Crippen molar-refractivity contribution in [1.29, 1.82) is 0 Å². The van der Waals surface area contributed by atoms with E-state index in [9.17, 15) is 0 Å². The third-order valence-corrected chi connectivity index (χ3v) is 4.18. The van der Waals surface area contributed by atoms with Gasteiger partial charge in [0.1, 0.15) is 5.15 Å². The van der Waals surface area contributed by atoms with E-state index in [1.807, 2.05) is 6.07 Å². The van der Waals surface area contributed by atoms with Gasteiger partial charge in [0, 0.05) is 12.1 Å². The molecule has 0 fully saturated rings. The highest BCUT2D eigenvalue weighted by Crippen LogP contribution is 2.40. The quantitative estimate of drug-likeness (QED) is 0.724. The van der Waals surface area contributed by atoms with Crippen LogP contribution in [0.1, 0.15) is 29.3 Å². The molecule has 3 rings (SSSR count). The van der Waals surface area contributed by atoms with E-state index < -0.39 is 0 Å². The number of aromatic nitrogens is 2. The summed E-state index contributed by atoms with van der Waals surface area (Å²) in [5.41, 5.74) is 3.07. The number of hydrogen-bond acceptors (Lipinski definition) is 2. The van der Waals surface area contributed by atoms with E-state index in [1.54, 1.807) is 12.3 Å². The normalized spacial score (nSPS) is 17.8. The molecule has 1 unspecified atom stereocenters. The van der Waals surface area contributed by atoms with Crippen molar-refractivity contribution in [3.8, 4) is 0 Å². The van der Waals surface area contributed by atoms with Crippen LogP contribution < -0.4 is 0 Å². The molecule has 0 saturated heterocycles. The van der Waals surface area contributed by atoms with Gasteiger partial charge in [0.15, 0.2) is 0 Å². The summed E-state index contributed by atoms with van der Waals surface area (Å²) in [6.45, 7) is 0. The van der Waals surface area contributed by atoms with Crippen LogP contribution in [0.5, 0.6) is 0 Å². The molecule has 2 heterocycles. The van der Waals surface area contributed by atoms with Crippen molar-refractivity contribution in [2.75, 3.05) is 0 Å². The zero-order valence-corrected chi connectivity index (χ0v) is 11.6. The Kier molecular flexibility index (Phi) is 3.18. The Bertz CT molecular complexity index is 613. The van der Waals surface area contributed by atoms with Crippen LogP contribution in [-0.2, 0) is 6.42 Å². The highest BCUT2D eigenvalue weighted by Gasteiger charge is 2.28. The van der Waals surface area contributed by atoms with E-state index in [2.05, 4.69) is 16.0 Å². The molecular formula is C13H9Cl3N2. The Morgan fingerprint density at radius 2 is 1.94 bits per heavy atom. The number of rotatable bonds is 1. The molecule has 0 saturated carbocycles. The number of aryl methyl sites for hydroxylation is 1. The molecule has 2 aromatic heterocycles. The van der Waals surface area contributed by atoms with E-state index in [1.165, 1.54) is 5.56 Å². The fourth-order valence-electron chi connectivity index (χ4n) is 2.38. The third-order valence-electron chi connectivity index (χ3n) is 3.20. The van der Waals surface area contributed by atoms with Gasteiger partial charge in [0.25, 0.3) is 0 Å². The largest absolute Gasteiger partial charge is 0.260 e. The number of fused-ring (bicyclic) bond motifs is 1. The summed E-state index contributed by atoms with van der Waals surface area (Å²) in [5.74, 6) is 0.114. The standard InChI is InChI=1S/C13H9Cl3N2/c14-9-6-10(15)13(16)18-12(9)8-4-3-7-2-1-5-17-11(7)8/h1-2,5-6,8H,3-4H2. The number of pyridine rings is 2. The van der Waals surface area contributed by atoms with Crippen molar-refractivity contribution in [3.63, 3.8) is 0 Å². The fourth-order valence-corrected chi connectivity index (χ4v) is 3.02. The smallest absolute Gasteiger partial charge is 0.148 e. The summed E-state index contributed by atoms with van der Waals surface area (Å²) in [6.07, 6.45) is 3.74. The minimum absolute atomic E-state index is 0.114. The first-order valence-electron chi connectivity index (χ1n) is 5.62. The molecule has 0 spiro atoms. The average molecular weight is 300 g/mol. The maximum Gasteiger partial charge on any atom is 0.148 e. The minimum Gasteiger partial charge on any atom is -0.260 e. The Hall–Kier alpha value is -0.830. The molecule has 5 heteroatoms. The molecule has 92 valence electrons. The van der Waals surface area contributed by atoms with Crippen LogP contribution in [0.2, 0.25) is 15.2 Å². The van der Waals surface area contributed by atoms with Crippen molar-refractivity contribution in [1.82, 2.24) is 9.97 Å². The summed E-state index contributed by atoms with van der Waals surface area (Å²) in [7, 11) is 0. The Balaban J connectivity index is 2.10. The zero-order valence-electron chi connectivity index (χ0n) is 9.33. The second-order valence-electron chi connectivity index (χ2n) is 4.27. The van der Waals surface area contributed by atoms with E-state index in [-0.39, 0.29) is 5.92 Å². The summed E-state index contributed by atoms with van der Waals surface area (Å²) in [4.78, 5) is 8.75. The molecule has 18 heavy (non-hydrogen) atoms. The van der Waals surface area contributed by atoms with Crippen LogP contribution in [0.3, 0.4) is 0 Å². The zero-order chi connectivity index (χ0) is 12.7. The van der Waals surface area contributed by atoms with Crippen LogP contribution >= 0.6 is 34.8 Å². The minimum atomic E-state index is 0.114.